The lowest BCUT2D eigenvalue weighted by atomic mass is 10.1. The molecule has 0 amide bonds. The van der Waals surface area contributed by atoms with Crippen LogP contribution in [0.15, 0.2) is 16.1 Å². The maximum Gasteiger partial charge on any atom is 0.157 e. The van der Waals surface area contributed by atoms with Gasteiger partial charge in [-0.05, 0) is 6.07 Å². The molecule has 0 bridgehead atoms. The van der Waals surface area contributed by atoms with Crippen molar-refractivity contribution in [3.8, 4) is 0 Å². The van der Waals surface area contributed by atoms with Gasteiger partial charge in [0, 0.05) is 36.4 Å². The summed E-state index contributed by atoms with van der Waals surface area (Å²) in [4.78, 5) is 12.7. The third-order valence-electron chi connectivity index (χ3n) is 2.18. The third kappa shape index (κ3) is 0.679. The minimum Gasteiger partial charge on any atom is -0.241 e. The van der Waals surface area contributed by atoms with Gasteiger partial charge < -0.3 is 0 Å². The first-order valence-electron chi connectivity index (χ1n) is 4.01. The van der Waals surface area contributed by atoms with Crippen molar-refractivity contribution in [1.82, 2.24) is 4.98 Å². The molecule has 0 fully saturated rings. The second-order valence-electron chi connectivity index (χ2n) is 2.99. The Morgan fingerprint density at radius 3 is 2.08 bits per heavy atom. The van der Waals surface area contributed by atoms with Crippen LogP contribution in [0.2, 0.25) is 0 Å². The molecule has 2 aliphatic rings. The molecule has 1 aromatic rings. The number of pyridine rings is 1. The van der Waals surface area contributed by atoms with Crippen LogP contribution >= 0.6 is 0 Å². The second-order valence-corrected chi connectivity index (χ2v) is 2.99. The van der Waals surface area contributed by atoms with Crippen molar-refractivity contribution in [1.29, 1.82) is 0 Å². The SMILES string of the molecule is C1=Nc2nc3c(cc2C1)CC=N3. The molecule has 0 N–H and O–H groups in total. The van der Waals surface area contributed by atoms with E-state index in [0.717, 1.165) is 24.5 Å². The Morgan fingerprint density at radius 2 is 1.50 bits per heavy atom. The predicted octanol–water partition coefficient (Wildman–Crippen LogP) is 1.60. The summed E-state index contributed by atoms with van der Waals surface area (Å²) in [5.41, 5.74) is 2.47. The molecule has 1 aromatic heterocycles. The van der Waals surface area contributed by atoms with E-state index < -0.39 is 0 Å². The first-order chi connectivity index (χ1) is 5.93. The molecule has 2 aliphatic heterocycles. The molecule has 0 aliphatic carbocycles. The summed E-state index contributed by atoms with van der Waals surface area (Å²) in [6.45, 7) is 0. The van der Waals surface area contributed by atoms with E-state index in [0.29, 0.717) is 0 Å². The minimum atomic E-state index is 0.854. The van der Waals surface area contributed by atoms with Gasteiger partial charge in [-0.2, -0.15) is 0 Å². The molecule has 3 heterocycles. The number of nitrogens with zero attached hydrogens (tertiary/aromatic N) is 3. The van der Waals surface area contributed by atoms with E-state index in [1.165, 1.54) is 11.1 Å². The first kappa shape index (κ1) is 6.06. The van der Waals surface area contributed by atoms with Gasteiger partial charge in [0.2, 0.25) is 0 Å². The average Bonchev–Trinajstić information content (AvgIpc) is 2.64. The first-order valence-corrected chi connectivity index (χ1v) is 4.01. The fourth-order valence-electron chi connectivity index (χ4n) is 1.57. The van der Waals surface area contributed by atoms with E-state index in [4.69, 9.17) is 0 Å². The lowest BCUT2D eigenvalue weighted by molar-refractivity contribution is 1.20. The van der Waals surface area contributed by atoms with E-state index >= 15 is 0 Å². The number of hydrogen-bond acceptors (Lipinski definition) is 3. The highest BCUT2D eigenvalue weighted by molar-refractivity contribution is 5.79. The topological polar surface area (TPSA) is 37.6 Å². The molecule has 0 aromatic carbocycles. The van der Waals surface area contributed by atoms with Crippen LogP contribution in [0, 0.1) is 0 Å². The molecule has 0 spiro atoms. The fourth-order valence-corrected chi connectivity index (χ4v) is 1.57. The van der Waals surface area contributed by atoms with Crippen LogP contribution in [0.25, 0.3) is 0 Å². The molecular weight excluding hydrogens is 150 g/mol. The second kappa shape index (κ2) is 2.00. The summed E-state index contributed by atoms with van der Waals surface area (Å²) in [5.74, 6) is 1.71. The summed E-state index contributed by atoms with van der Waals surface area (Å²) in [5, 5.41) is 0. The van der Waals surface area contributed by atoms with Crippen LogP contribution < -0.4 is 0 Å². The van der Waals surface area contributed by atoms with Crippen molar-refractivity contribution in [2.24, 2.45) is 9.98 Å². The highest BCUT2D eigenvalue weighted by Crippen LogP contribution is 2.30. The normalized spacial score (nSPS) is 16.7. The lowest BCUT2D eigenvalue weighted by Crippen LogP contribution is -1.86. The van der Waals surface area contributed by atoms with Gasteiger partial charge >= 0.3 is 0 Å². The Balaban J connectivity index is 2.27. The summed E-state index contributed by atoms with van der Waals surface area (Å²) >= 11 is 0. The molecule has 3 rings (SSSR count). The lowest BCUT2D eigenvalue weighted by Gasteiger charge is -1.99. The van der Waals surface area contributed by atoms with Gasteiger partial charge in [-0.15, -0.1) is 0 Å². The van der Waals surface area contributed by atoms with Crippen LogP contribution in [0.1, 0.15) is 11.1 Å². The van der Waals surface area contributed by atoms with Crippen LogP contribution in [0.3, 0.4) is 0 Å². The van der Waals surface area contributed by atoms with Crippen LogP contribution in [-0.4, -0.2) is 17.4 Å². The van der Waals surface area contributed by atoms with Crippen LogP contribution in [0.5, 0.6) is 0 Å². The van der Waals surface area contributed by atoms with Gasteiger partial charge in [-0.1, -0.05) is 0 Å². The van der Waals surface area contributed by atoms with Crippen molar-refractivity contribution in [2.45, 2.75) is 12.8 Å². The molecule has 12 heavy (non-hydrogen) atoms. The predicted molar refractivity (Wildman–Crippen MR) is 47.9 cm³/mol. The number of fused-ring (bicyclic) bond motifs is 2. The summed E-state index contributed by atoms with van der Waals surface area (Å²) in [6.07, 6.45) is 5.65. The number of rotatable bonds is 0. The van der Waals surface area contributed by atoms with Crippen LogP contribution in [0.4, 0.5) is 11.6 Å². The Kier molecular flexibility index (Phi) is 1.01. The fraction of sp³-hybridized carbons (Fsp3) is 0.222. The Labute approximate surface area is 69.9 Å². The summed E-state index contributed by atoms with van der Waals surface area (Å²) in [7, 11) is 0. The van der Waals surface area contributed by atoms with Crippen LogP contribution in [-0.2, 0) is 12.8 Å². The van der Waals surface area contributed by atoms with E-state index in [2.05, 4.69) is 21.0 Å². The minimum absolute atomic E-state index is 0.854. The Hall–Kier alpha value is -1.51. The number of aromatic nitrogens is 1. The van der Waals surface area contributed by atoms with Crippen molar-refractivity contribution >= 4 is 24.1 Å². The van der Waals surface area contributed by atoms with Gasteiger partial charge in [-0.25, -0.2) is 15.0 Å². The standard InChI is InChI=1S/C9H7N3/c1-3-10-8-6(1)5-7-2-4-11-9(7)12-8/h3-5H,1-2H2. The third-order valence-corrected chi connectivity index (χ3v) is 2.18. The van der Waals surface area contributed by atoms with E-state index in [-0.39, 0.29) is 0 Å². The van der Waals surface area contributed by atoms with Gasteiger partial charge in [0.25, 0.3) is 0 Å². The van der Waals surface area contributed by atoms with E-state index in [1.807, 2.05) is 12.4 Å². The highest BCUT2D eigenvalue weighted by Gasteiger charge is 2.14. The Bertz CT molecular complexity index is 369. The largest absolute Gasteiger partial charge is 0.241 e. The van der Waals surface area contributed by atoms with Crippen molar-refractivity contribution in [3.63, 3.8) is 0 Å². The molecule has 0 atom stereocenters. The van der Waals surface area contributed by atoms with Gasteiger partial charge in [0.15, 0.2) is 11.6 Å². The molecule has 0 saturated heterocycles. The van der Waals surface area contributed by atoms with Crippen molar-refractivity contribution < 1.29 is 0 Å². The molecule has 3 nitrogen and oxygen atoms in total. The maximum absolute atomic E-state index is 4.34. The highest BCUT2D eigenvalue weighted by atomic mass is 15.0. The zero-order valence-electron chi connectivity index (χ0n) is 6.49. The van der Waals surface area contributed by atoms with E-state index in [9.17, 15) is 0 Å². The van der Waals surface area contributed by atoms with Crippen molar-refractivity contribution in [3.05, 3.63) is 17.2 Å². The molecule has 0 radical (unpaired) electrons. The zero-order chi connectivity index (χ0) is 7.97. The van der Waals surface area contributed by atoms with Crippen molar-refractivity contribution in [2.75, 3.05) is 0 Å². The monoisotopic (exact) mass is 157 g/mol. The molecule has 0 unspecified atom stereocenters. The van der Waals surface area contributed by atoms with Gasteiger partial charge in [0.05, 0.1) is 0 Å². The molecule has 58 valence electrons. The molecule has 0 saturated carbocycles. The molecule has 3 heteroatoms. The number of hydrogen-bond donors (Lipinski definition) is 0. The quantitative estimate of drug-likeness (QED) is 0.563. The smallest absolute Gasteiger partial charge is 0.157 e. The molecular formula is C9H7N3. The maximum atomic E-state index is 4.34. The summed E-state index contributed by atoms with van der Waals surface area (Å²) in [6, 6.07) is 2.16. The summed E-state index contributed by atoms with van der Waals surface area (Å²) < 4.78 is 0. The average molecular weight is 157 g/mol. The van der Waals surface area contributed by atoms with E-state index in [1.54, 1.807) is 0 Å². The van der Waals surface area contributed by atoms with Gasteiger partial charge in [0.1, 0.15) is 0 Å². The zero-order valence-corrected chi connectivity index (χ0v) is 6.49. The Morgan fingerprint density at radius 1 is 0.917 bits per heavy atom. The number of aliphatic imine (C=N–C) groups is 2. The van der Waals surface area contributed by atoms with Gasteiger partial charge in [-0.3, -0.25) is 0 Å².